The second kappa shape index (κ2) is 4.79. The number of fused-ring (bicyclic) bond motifs is 1. The zero-order chi connectivity index (χ0) is 14.3. The first kappa shape index (κ1) is 12.9. The molecule has 2 N–H and O–H groups in total. The first-order valence-electron chi connectivity index (χ1n) is 6.38. The monoisotopic (exact) mass is 292 g/mol. The lowest BCUT2D eigenvalue weighted by Gasteiger charge is -2.13. The highest BCUT2D eigenvalue weighted by Gasteiger charge is 2.21. The van der Waals surface area contributed by atoms with Crippen LogP contribution in [0.5, 0.6) is 0 Å². The van der Waals surface area contributed by atoms with Crippen molar-refractivity contribution in [2.24, 2.45) is 0 Å². The number of nitrogens with zero attached hydrogens (tertiary/aromatic N) is 3. The summed E-state index contributed by atoms with van der Waals surface area (Å²) < 4.78 is 1.75. The number of benzene rings is 1. The Labute approximate surface area is 120 Å². The Bertz CT molecular complexity index is 696. The Morgan fingerprint density at radius 2 is 2.10 bits per heavy atom. The summed E-state index contributed by atoms with van der Waals surface area (Å²) in [5.74, 6) is 0.536. The molecule has 3 rings (SSSR count). The SMILES string of the molecule is Nc1nn(-c2ccc([N+](=O)[O-])c(Cl)c2)c2c1CCCC2. The van der Waals surface area contributed by atoms with Gasteiger partial charge in [-0.05, 0) is 37.8 Å². The average molecular weight is 293 g/mol. The predicted molar refractivity (Wildman–Crippen MR) is 76.3 cm³/mol. The standard InChI is InChI=1S/C13H13ClN4O2/c14-10-7-8(5-6-12(10)18(19)20)17-11-4-2-1-3-9(11)13(15)16-17/h5-7H,1-4H2,(H2,15,16). The van der Waals surface area contributed by atoms with Gasteiger partial charge in [0.2, 0.25) is 0 Å². The minimum atomic E-state index is -0.501. The van der Waals surface area contributed by atoms with Crippen molar-refractivity contribution in [2.75, 3.05) is 5.73 Å². The van der Waals surface area contributed by atoms with Crippen LogP contribution in [-0.4, -0.2) is 14.7 Å². The van der Waals surface area contributed by atoms with Crippen molar-refractivity contribution < 1.29 is 4.92 Å². The topological polar surface area (TPSA) is 87.0 Å². The van der Waals surface area contributed by atoms with Gasteiger partial charge in [-0.25, -0.2) is 4.68 Å². The molecule has 7 heteroatoms. The molecule has 0 unspecified atom stereocenters. The number of nitro groups is 1. The van der Waals surface area contributed by atoms with Gasteiger partial charge in [0.1, 0.15) is 10.8 Å². The Kier molecular flexibility index (Phi) is 3.10. The number of nitro benzene ring substituents is 1. The maximum absolute atomic E-state index is 10.8. The van der Waals surface area contributed by atoms with Gasteiger partial charge in [0, 0.05) is 17.3 Å². The molecule has 0 amide bonds. The van der Waals surface area contributed by atoms with Gasteiger partial charge >= 0.3 is 0 Å². The molecule has 0 saturated carbocycles. The third-order valence-corrected chi connectivity index (χ3v) is 3.89. The number of anilines is 1. The largest absolute Gasteiger partial charge is 0.382 e. The molecule has 6 nitrogen and oxygen atoms in total. The number of nitrogen functional groups attached to an aromatic ring is 1. The van der Waals surface area contributed by atoms with E-state index in [9.17, 15) is 10.1 Å². The molecule has 1 aromatic carbocycles. The Hall–Kier alpha value is -2.08. The van der Waals surface area contributed by atoms with Gasteiger partial charge < -0.3 is 5.73 Å². The smallest absolute Gasteiger partial charge is 0.288 e. The highest BCUT2D eigenvalue weighted by molar-refractivity contribution is 6.32. The number of hydrogen-bond donors (Lipinski definition) is 1. The van der Waals surface area contributed by atoms with E-state index in [1.807, 2.05) is 0 Å². The van der Waals surface area contributed by atoms with Crippen LogP contribution in [0.1, 0.15) is 24.1 Å². The molecular formula is C13H13ClN4O2. The van der Waals surface area contributed by atoms with E-state index in [1.165, 1.54) is 6.07 Å². The fraction of sp³-hybridized carbons (Fsp3) is 0.308. The van der Waals surface area contributed by atoms with Crippen molar-refractivity contribution in [1.29, 1.82) is 0 Å². The van der Waals surface area contributed by atoms with Gasteiger partial charge in [-0.3, -0.25) is 10.1 Å². The predicted octanol–water partition coefficient (Wildman–Crippen LogP) is 2.89. The Morgan fingerprint density at radius 3 is 2.80 bits per heavy atom. The molecule has 104 valence electrons. The van der Waals surface area contributed by atoms with Crippen LogP contribution in [0, 0.1) is 10.1 Å². The van der Waals surface area contributed by atoms with Crippen molar-refractivity contribution >= 4 is 23.1 Å². The van der Waals surface area contributed by atoms with E-state index in [0.29, 0.717) is 11.5 Å². The van der Waals surface area contributed by atoms with Gasteiger partial charge in [0.25, 0.3) is 5.69 Å². The van der Waals surface area contributed by atoms with Gasteiger partial charge in [0.15, 0.2) is 0 Å². The fourth-order valence-electron chi connectivity index (χ4n) is 2.62. The Balaban J connectivity index is 2.10. The fourth-order valence-corrected chi connectivity index (χ4v) is 2.86. The van der Waals surface area contributed by atoms with E-state index in [1.54, 1.807) is 16.8 Å². The summed E-state index contributed by atoms with van der Waals surface area (Å²) in [5, 5.41) is 15.2. The minimum absolute atomic E-state index is 0.103. The summed E-state index contributed by atoms with van der Waals surface area (Å²) >= 11 is 5.95. The molecule has 0 fully saturated rings. The first-order valence-corrected chi connectivity index (χ1v) is 6.76. The number of aromatic nitrogens is 2. The lowest BCUT2D eigenvalue weighted by atomic mass is 9.97. The number of nitrogens with two attached hydrogens (primary N) is 1. The van der Waals surface area contributed by atoms with Crippen molar-refractivity contribution in [1.82, 2.24) is 9.78 Å². The highest BCUT2D eigenvalue weighted by Crippen LogP contribution is 2.31. The molecule has 0 radical (unpaired) electrons. The molecule has 1 heterocycles. The average Bonchev–Trinajstić information content (AvgIpc) is 2.76. The van der Waals surface area contributed by atoms with Crippen molar-refractivity contribution in [2.45, 2.75) is 25.7 Å². The maximum Gasteiger partial charge on any atom is 0.288 e. The summed E-state index contributed by atoms with van der Waals surface area (Å²) in [7, 11) is 0. The van der Waals surface area contributed by atoms with Crippen molar-refractivity contribution in [3.8, 4) is 5.69 Å². The normalized spacial score (nSPS) is 14.1. The maximum atomic E-state index is 10.8. The van der Waals surface area contributed by atoms with Gasteiger partial charge in [0.05, 0.1) is 10.6 Å². The van der Waals surface area contributed by atoms with Gasteiger partial charge in [-0.15, -0.1) is 0 Å². The van der Waals surface area contributed by atoms with Crippen LogP contribution in [0.25, 0.3) is 5.69 Å². The van der Waals surface area contributed by atoms with Crippen LogP contribution in [-0.2, 0) is 12.8 Å². The van der Waals surface area contributed by atoms with E-state index in [0.717, 1.165) is 36.9 Å². The lowest BCUT2D eigenvalue weighted by molar-refractivity contribution is -0.384. The van der Waals surface area contributed by atoms with Gasteiger partial charge in [-0.1, -0.05) is 11.6 Å². The molecule has 0 aliphatic heterocycles. The summed E-state index contributed by atoms with van der Waals surface area (Å²) in [4.78, 5) is 10.3. The van der Waals surface area contributed by atoms with E-state index < -0.39 is 4.92 Å². The third kappa shape index (κ3) is 2.02. The van der Waals surface area contributed by atoms with Crippen molar-refractivity contribution in [3.05, 3.63) is 44.6 Å². The van der Waals surface area contributed by atoms with E-state index in [2.05, 4.69) is 5.10 Å². The van der Waals surface area contributed by atoms with E-state index >= 15 is 0 Å². The summed E-state index contributed by atoms with van der Waals surface area (Å²) in [5.41, 5.74) is 8.71. The second-order valence-corrected chi connectivity index (χ2v) is 5.23. The number of halogens is 1. The summed E-state index contributed by atoms with van der Waals surface area (Å²) in [6, 6.07) is 4.59. The summed E-state index contributed by atoms with van der Waals surface area (Å²) in [6.45, 7) is 0. The van der Waals surface area contributed by atoms with Crippen LogP contribution in [0.4, 0.5) is 11.5 Å². The molecule has 1 aliphatic rings. The van der Waals surface area contributed by atoms with Crippen LogP contribution < -0.4 is 5.73 Å². The van der Waals surface area contributed by atoms with E-state index in [4.69, 9.17) is 17.3 Å². The molecule has 20 heavy (non-hydrogen) atoms. The zero-order valence-electron chi connectivity index (χ0n) is 10.7. The molecular weight excluding hydrogens is 280 g/mol. The van der Waals surface area contributed by atoms with Crippen LogP contribution in [0.2, 0.25) is 5.02 Å². The first-order chi connectivity index (χ1) is 9.58. The van der Waals surface area contributed by atoms with Crippen molar-refractivity contribution in [3.63, 3.8) is 0 Å². The Morgan fingerprint density at radius 1 is 1.35 bits per heavy atom. The summed E-state index contributed by atoms with van der Waals surface area (Å²) in [6.07, 6.45) is 4.05. The zero-order valence-corrected chi connectivity index (χ0v) is 11.4. The van der Waals surface area contributed by atoms with Crippen LogP contribution in [0.3, 0.4) is 0 Å². The molecule has 2 aromatic rings. The van der Waals surface area contributed by atoms with Crippen LogP contribution >= 0.6 is 11.6 Å². The van der Waals surface area contributed by atoms with E-state index in [-0.39, 0.29) is 10.7 Å². The quantitative estimate of drug-likeness (QED) is 0.681. The number of rotatable bonds is 2. The van der Waals surface area contributed by atoms with Gasteiger partial charge in [-0.2, -0.15) is 5.10 Å². The second-order valence-electron chi connectivity index (χ2n) is 4.82. The molecule has 0 saturated heterocycles. The molecule has 1 aromatic heterocycles. The number of hydrogen-bond acceptors (Lipinski definition) is 4. The third-order valence-electron chi connectivity index (χ3n) is 3.58. The molecule has 0 atom stereocenters. The molecule has 1 aliphatic carbocycles. The lowest BCUT2D eigenvalue weighted by Crippen LogP contribution is -2.08. The highest BCUT2D eigenvalue weighted by atomic mass is 35.5. The van der Waals surface area contributed by atoms with Crippen LogP contribution in [0.15, 0.2) is 18.2 Å². The molecule has 0 bridgehead atoms. The minimum Gasteiger partial charge on any atom is -0.382 e. The molecule has 0 spiro atoms.